The van der Waals surface area contributed by atoms with E-state index in [-0.39, 0.29) is 0 Å². The summed E-state index contributed by atoms with van der Waals surface area (Å²) in [5, 5.41) is 0. The normalized spacial score (nSPS) is 12.6. The van der Waals surface area contributed by atoms with Crippen molar-refractivity contribution in [1.82, 2.24) is 0 Å². The molecular formula is C42H64N3+. The monoisotopic (exact) mass is 611 g/mol. The van der Waals surface area contributed by atoms with Crippen molar-refractivity contribution < 1.29 is 4.58 Å². The van der Waals surface area contributed by atoms with Gasteiger partial charge in [-0.1, -0.05) is 128 Å². The second kappa shape index (κ2) is 20.9. The van der Waals surface area contributed by atoms with Crippen LogP contribution in [0, 0.1) is 0 Å². The van der Waals surface area contributed by atoms with Crippen LogP contribution in [0.25, 0.3) is 5.57 Å². The van der Waals surface area contributed by atoms with Crippen LogP contribution < -0.4 is 9.80 Å². The van der Waals surface area contributed by atoms with Gasteiger partial charge in [0.05, 0.1) is 0 Å². The summed E-state index contributed by atoms with van der Waals surface area (Å²) in [4.78, 5) is 4.57. The molecule has 3 heteroatoms. The highest BCUT2D eigenvalue weighted by atomic mass is 15.1. The molecule has 246 valence electrons. The molecule has 0 atom stereocenters. The molecule has 0 amide bonds. The fourth-order valence-corrected chi connectivity index (χ4v) is 6.26. The Labute approximate surface area is 277 Å². The highest BCUT2D eigenvalue weighted by Gasteiger charge is 2.14. The second-order valence-electron chi connectivity index (χ2n) is 13.5. The second-order valence-corrected chi connectivity index (χ2v) is 13.5. The van der Waals surface area contributed by atoms with Crippen molar-refractivity contribution in [2.75, 3.05) is 51.6 Å². The van der Waals surface area contributed by atoms with Crippen molar-refractivity contribution >= 4 is 22.7 Å². The minimum atomic E-state index is 1.12. The fraction of sp³-hybridized carbons (Fsp3) is 0.548. The van der Waals surface area contributed by atoms with Crippen LogP contribution in [0.2, 0.25) is 0 Å². The molecule has 3 nitrogen and oxygen atoms in total. The van der Waals surface area contributed by atoms with Crippen LogP contribution in [-0.2, 0) is 0 Å². The van der Waals surface area contributed by atoms with Gasteiger partial charge in [0.2, 0.25) is 0 Å². The zero-order chi connectivity index (χ0) is 32.3. The van der Waals surface area contributed by atoms with E-state index in [1.807, 2.05) is 0 Å². The van der Waals surface area contributed by atoms with E-state index in [1.165, 1.54) is 142 Å². The maximum Gasteiger partial charge on any atom is 0.199 e. The highest BCUT2D eigenvalue weighted by Crippen LogP contribution is 2.32. The Morgan fingerprint density at radius 1 is 0.511 bits per heavy atom. The van der Waals surface area contributed by atoms with Crippen molar-refractivity contribution in [3.05, 3.63) is 89.5 Å². The van der Waals surface area contributed by atoms with Crippen LogP contribution in [0.4, 0.5) is 11.4 Å². The first kappa shape index (κ1) is 36.4. The van der Waals surface area contributed by atoms with E-state index < -0.39 is 0 Å². The summed E-state index contributed by atoms with van der Waals surface area (Å²) < 4.78 is 2.15. The van der Waals surface area contributed by atoms with E-state index in [1.54, 1.807) is 0 Å². The summed E-state index contributed by atoms with van der Waals surface area (Å²) in [7, 11) is 10.6. The lowest BCUT2D eigenvalue weighted by molar-refractivity contribution is -0.462. The lowest BCUT2D eigenvalue weighted by Crippen LogP contribution is -2.18. The van der Waals surface area contributed by atoms with Gasteiger partial charge in [-0.15, -0.1) is 0 Å². The average Bonchev–Trinajstić information content (AvgIpc) is 3.05. The molecule has 45 heavy (non-hydrogen) atoms. The van der Waals surface area contributed by atoms with E-state index in [9.17, 15) is 0 Å². The molecule has 0 saturated carbocycles. The number of rotatable bonds is 21. The van der Waals surface area contributed by atoms with Crippen molar-refractivity contribution in [1.29, 1.82) is 0 Å². The lowest BCUT2D eigenvalue weighted by atomic mass is 9.90. The first-order chi connectivity index (χ1) is 21.9. The minimum absolute atomic E-state index is 1.12. The summed E-state index contributed by atoms with van der Waals surface area (Å²) in [6.07, 6.45) is 31.6. The molecule has 0 aromatic heterocycles. The van der Waals surface area contributed by atoms with E-state index >= 15 is 0 Å². The molecule has 0 aliphatic heterocycles. The topological polar surface area (TPSA) is 9.49 Å². The van der Waals surface area contributed by atoms with E-state index in [4.69, 9.17) is 0 Å². The third-order valence-electron chi connectivity index (χ3n) is 9.29. The summed E-state index contributed by atoms with van der Waals surface area (Å²) in [6, 6.07) is 18.1. The highest BCUT2D eigenvalue weighted by molar-refractivity contribution is 6.04. The molecule has 2 aromatic rings. The van der Waals surface area contributed by atoms with Crippen LogP contribution >= 0.6 is 0 Å². The molecule has 0 heterocycles. The lowest BCUT2D eigenvalue weighted by Gasteiger charge is -2.21. The Bertz CT molecular complexity index is 1210. The molecule has 0 unspecified atom stereocenters. The molecule has 0 saturated heterocycles. The molecule has 0 bridgehead atoms. The summed E-state index contributed by atoms with van der Waals surface area (Å²) >= 11 is 0. The van der Waals surface area contributed by atoms with E-state index in [0.29, 0.717) is 0 Å². The van der Waals surface area contributed by atoms with Gasteiger partial charge < -0.3 is 9.80 Å². The Hall–Kier alpha value is -3.07. The van der Waals surface area contributed by atoms with Gasteiger partial charge in [-0.05, 0) is 65.1 Å². The molecule has 0 N–H and O–H groups in total. The first-order valence-electron chi connectivity index (χ1n) is 18.1. The van der Waals surface area contributed by atoms with Gasteiger partial charge in [0, 0.05) is 51.2 Å². The molecular weight excluding hydrogens is 546 g/mol. The van der Waals surface area contributed by atoms with Gasteiger partial charge in [0.1, 0.15) is 14.1 Å². The van der Waals surface area contributed by atoms with Crippen LogP contribution in [0.1, 0.15) is 121 Å². The number of anilines is 2. The molecule has 0 radical (unpaired) electrons. The predicted molar refractivity (Wildman–Crippen MR) is 201 cm³/mol. The summed E-state index contributed by atoms with van der Waals surface area (Å²) in [5.74, 6) is 0. The van der Waals surface area contributed by atoms with Crippen LogP contribution in [-0.4, -0.2) is 52.1 Å². The van der Waals surface area contributed by atoms with Gasteiger partial charge in [-0.2, -0.15) is 0 Å². The summed E-state index contributed by atoms with van der Waals surface area (Å²) in [5.41, 5.74) is 8.74. The smallest absolute Gasteiger partial charge is 0.199 e. The van der Waals surface area contributed by atoms with Crippen molar-refractivity contribution in [3.8, 4) is 0 Å². The Balaban J connectivity index is 1.42. The SMILES string of the molecule is CCCCCCCCCCCCCCCCCCN(C)c1ccc(C(=C2C=CC(=[N+](C)C)C=C2)c2ccc(N(C)C)cc2)cc1. The van der Waals surface area contributed by atoms with Crippen molar-refractivity contribution in [2.45, 2.75) is 110 Å². The molecule has 2 aromatic carbocycles. The Kier molecular flexibility index (Phi) is 16.9. The van der Waals surface area contributed by atoms with Crippen molar-refractivity contribution in [2.24, 2.45) is 0 Å². The number of benzene rings is 2. The number of nitrogens with zero attached hydrogens (tertiary/aromatic N) is 3. The van der Waals surface area contributed by atoms with Gasteiger partial charge in [-0.3, -0.25) is 0 Å². The van der Waals surface area contributed by atoms with Crippen LogP contribution in [0.3, 0.4) is 0 Å². The van der Waals surface area contributed by atoms with Gasteiger partial charge in [-0.25, -0.2) is 4.58 Å². The summed E-state index contributed by atoms with van der Waals surface area (Å²) in [6.45, 7) is 3.42. The predicted octanol–water partition coefficient (Wildman–Crippen LogP) is 11.1. The van der Waals surface area contributed by atoms with Crippen molar-refractivity contribution in [3.63, 3.8) is 0 Å². The first-order valence-corrected chi connectivity index (χ1v) is 18.1. The number of unbranched alkanes of at least 4 members (excludes halogenated alkanes) is 15. The molecule has 1 aliphatic rings. The molecule has 1 aliphatic carbocycles. The molecule has 3 rings (SSSR count). The average molecular weight is 611 g/mol. The molecule has 0 spiro atoms. The Morgan fingerprint density at radius 3 is 1.31 bits per heavy atom. The number of hydrogen-bond donors (Lipinski definition) is 0. The third-order valence-corrected chi connectivity index (χ3v) is 9.29. The maximum absolute atomic E-state index is 2.42. The van der Waals surface area contributed by atoms with Gasteiger partial charge >= 0.3 is 0 Å². The quantitative estimate of drug-likeness (QED) is 0.103. The van der Waals surface area contributed by atoms with E-state index in [2.05, 4.69) is 129 Å². The van der Waals surface area contributed by atoms with Crippen LogP contribution in [0.5, 0.6) is 0 Å². The number of allylic oxidation sites excluding steroid dienone is 5. The zero-order valence-electron chi connectivity index (χ0n) is 29.8. The van der Waals surface area contributed by atoms with Gasteiger partial charge in [0.15, 0.2) is 5.71 Å². The van der Waals surface area contributed by atoms with Gasteiger partial charge in [0.25, 0.3) is 0 Å². The molecule has 0 fully saturated rings. The van der Waals surface area contributed by atoms with E-state index in [0.717, 1.165) is 6.54 Å². The maximum atomic E-state index is 2.42. The largest absolute Gasteiger partial charge is 0.378 e. The van der Waals surface area contributed by atoms with Crippen LogP contribution in [0.15, 0.2) is 78.4 Å². The Morgan fingerprint density at radius 2 is 0.911 bits per heavy atom. The third kappa shape index (κ3) is 13.1. The fourth-order valence-electron chi connectivity index (χ4n) is 6.26. The standard InChI is InChI=1S/C42H64N3/c1-7-8-9-10-11-12-13-14-15-16-17-18-19-20-21-22-35-45(6)41-33-27-38(28-34-41)42(36-23-29-39(30-24-36)43(2)3)37-25-31-40(32-26-37)44(4)5/h23-34H,7-22,35H2,1-6H3/q+1. The number of hydrogen-bond acceptors (Lipinski definition) is 2. The zero-order valence-corrected chi connectivity index (χ0v) is 29.8. The minimum Gasteiger partial charge on any atom is -0.378 e.